The molecule has 2 atom stereocenters. The van der Waals surface area contributed by atoms with Gasteiger partial charge in [0.2, 0.25) is 5.91 Å². The van der Waals surface area contributed by atoms with Crippen LogP contribution in [0.25, 0.3) is 0 Å². The van der Waals surface area contributed by atoms with E-state index in [-0.39, 0.29) is 27.9 Å². The zero-order valence-electron chi connectivity index (χ0n) is 18.2. The van der Waals surface area contributed by atoms with E-state index in [9.17, 15) is 29.7 Å². The molecule has 0 fully saturated rings. The van der Waals surface area contributed by atoms with Crippen LogP contribution in [0.3, 0.4) is 0 Å². The maximum Gasteiger partial charge on any atom is 0.305 e. The summed E-state index contributed by atoms with van der Waals surface area (Å²) >= 11 is 12.0. The number of carbonyl (C=O) groups is 3. The van der Waals surface area contributed by atoms with Gasteiger partial charge in [-0.3, -0.25) is 19.4 Å². The predicted molar refractivity (Wildman–Crippen MR) is 130 cm³/mol. The molecule has 1 unspecified atom stereocenters. The fraction of sp³-hybridized carbons (Fsp3) is 0.273. The Labute approximate surface area is 210 Å². The van der Waals surface area contributed by atoms with Crippen LogP contribution >= 0.6 is 23.2 Å². The number of rotatable bonds is 8. The molecule has 35 heavy (non-hydrogen) atoms. The highest BCUT2D eigenvalue weighted by Gasteiger charge is 2.20. The summed E-state index contributed by atoms with van der Waals surface area (Å²) in [6, 6.07) is 7.59. The number of benzene rings is 2. The summed E-state index contributed by atoms with van der Waals surface area (Å²) in [5.41, 5.74) is 0.835. The molecule has 2 aromatic carbocycles. The molecule has 7 N–H and O–H groups in total. The van der Waals surface area contributed by atoms with Crippen LogP contribution in [-0.4, -0.2) is 64.8 Å². The molecule has 3 rings (SSSR count). The first-order valence-corrected chi connectivity index (χ1v) is 11.2. The fourth-order valence-electron chi connectivity index (χ4n) is 3.28. The van der Waals surface area contributed by atoms with Crippen LogP contribution in [0.1, 0.15) is 28.4 Å². The molecule has 2 amide bonds. The van der Waals surface area contributed by atoms with E-state index in [1.807, 2.05) is 0 Å². The van der Waals surface area contributed by atoms with Crippen molar-refractivity contribution in [3.05, 3.63) is 57.6 Å². The van der Waals surface area contributed by atoms with Gasteiger partial charge in [0.05, 0.1) is 31.7 Å². The van der Waals surface area contributed by atoms with Crippen LogP contribution in [-0.2, 0) is 9.59 Å². The van der Waals surface area contributed by atoms with Crippen LogP contribution in [0.2, 0.25) is 10.0 Å². The van der Waals surface area contributed by atoms with Crippen LogP contribution in [0, 0.1) is 0 Å². The molecular formula is C22H23Cl2N5O6. The molecule has 0 bridgehead atoms. The number of phenols is 1. The van der Waals surface area contributed by atoms with Crippen molar-refractivity contribution in [2.75, 3.05) is 25.0 Å². The van der Waals surface area contributed by atoms with Gasteiger partial charge in [-0.05, 0) is 35.9 Å². The monoisotopic (exact) mass is 523 g/mol. The number of nitrogens with one attached hydrogen (secondary N) is 4. The Hall–Kier alpha value is -3.54. The van der Waals surface area contributed by atoms with E-state index in [0.29, 0.717) is 23.8 Å². The number of carboxylic acid groups (broad SMARTS) is 1. The van der Waals surface area contributed by atoms with Crippen LogP contribution in [0.15, 0.2) is 41.4 Å². The average Bonchev–Trinajstić information content (AvgIpc) is 2.77. The molecule has 11 nitrogen and oxygen atoms in total. The van der Waals surface area contributed by atoms with Crippen molar-refractivity contribution in [3.8, 4) is 5.75 Å². The topological polar surface area (TPSA) is 172 Å². The first-order valence-electron chi connectivity index (χ1n) is 10.4. The van der Waals surface area contributed by atoms with Gasteiger partial charge in [-0.1, -0.05) is 23.2 Å². The number of halogens is 2. The number of aliphatic imine (C=N–C) groups is 1. The molecule has 1 heterocycles. The van der Waals surface area contributed by atoms with E-state index in [1.54, 1.807) is 0 Å². The number of anilines is 1. The van der Waals surface area contributed by atoms with Gasteiger partial charge < -0.3 is 36.6 Å². The fourth-order valence-corrected chi connectivity index (χ4v) is 3.82. The highest BCUT2D eigenvalue weighted by molar-refractivity contribution is 6.34. The third kappa shape index (κ3) is 8.02. The standard InChI is InChI=1S/C22H23Cl2N5O6/c23-13-1-11(2-14(24)5-13)18(7-20(33)34)29-19(32)10-25-21(35)12-3-15(6-16(30)4-12)28-22-26-8-17(31)9-27-22/h1-6,17-18,30-31H,7-10H2,(H,25,35)(H,29,32)(H,33,34)(H2,26,27,28)/t18-/m0/s1. The maximum absolute atomic E-state index is 12.6. The second-order valence-electron chi connectivity index (χ2n) is 7.72. The average molecular weight is 524 g/mol. The largest absolute Gasteiger partial charge is 0.508 e. The third-order valence-electron chi connectivity index (χ3n) is 4.82. The molecule has 0 spiro atoms. The number of aliphatic carboxylic acids is 1. The molecule has 0 saturated carbocycles. The lowest BCUT2D eigenvalue weighted by atomic mass is 10.0. The molecule has 2 aromatic rings. The second-order valence-corrected chi connectivity index (χ2v) is 8.59. The van der Waals surface area contributed by atoms with Crippen molar-refractivity contribution in [2.45, 2.75) is 18.6 Å². The normalized spacial score (nSPS) is 15.9. The number of hydrogen-bond acceptors (Lipinski definition) is 8. The van der Waals surface area contributed by atoms with Gasteiger partial charge in [0.1, 0.15) is 5.75 Å². The number of nitrogens with zero attached hydrogens (tertiary/aromatic N) is 1. The SMILES string of the molecule is O=C(O)C[C@H](NC(=O)CNC(=O)c1cc(O)cc(NC2=NCC(O)CN2)c1)c1cc(Cl)cc(Cl)c1. The number of phenolic OH excluding ortho intramolecular Hbond substituents is 1. The van der Waals surface area contributed by atoms with E-state index < -0.39 is 42.9 Å². The van der Waals surface area contributed by atoms with E-state index in [0.717, 1.165) is 0 Å². The van der Waals surface area contributed by atoms with Gasteiger partial charge in [-0.2, -0.15) is 0 Å². The van der Waals surface area contributed by atoms with Gasteiger partial charge in [-0.25, -0.2) is 0 Å². The van der Waals surface area contributed by atoms with E-state index in [1.165, 1.54) is 36.4 Å². The van der Waals surface area contributed by atoms with Gasteiger partial charge in [0.15, 0.2) is 5.96 Å². The smallest absolute Gasteiger partial charge is 0.305 e. The number of amides is 2. The van der Waals surface area contributed by atoms with Gasteiger partial charge in [-0.15, -0.1) is 0 Å². The molecule has 186 valence electrons. The van der Waals surface area contributed by atoms with Crippen molar-refractivity contribution in [2.24, 2.45) is 4.99 Å². The Morgan fingerprint density at radius 3 is 2.46 bits per heavy atom. The highest BCUT2D eigenvalue weighted by Crippen LogP contribution is 2.25. The number of aliphatic hydroxyl groups excluding tert-OH is 1. The minimum absolute atomic E-state index is 0.0699. The zero-order chi connectivity index (χ0) is 25.5. The van der Waals surface area contributed by atoms with Crippen molar-refractivity contribution < 1.29 is 29.7 Å². The number of carbonyl (C=O) groups excluding carboxylic acids is 2. The number of β-amino-alcohol motifs (C(OH)–C–C–N with tert-alkyl or cyclic N) is 1. The molecule has 0 saturated heterocycles. The Morgan fingerprint density at radius 2 is 1.83 bits per heavy atom. The minimum atomic E-state index is -1.15. The number of aromatic hydroxyl groups is 1. The molecule has 0 aliphatic carbocycles. The van der Waals surface area contributed by atoms with Crippen LogP contribution < -0.4 is 21.3 Å². The number of guanidine groups is 1. The lowest BCUT2D eigenvalue weighted by molar-refractivity contribution is -0.137. The molecule has 1 aliphatic rings. The maximum atomic E-state index is 12.6. The minimum Gasteiger partial charge on any atom is -0.508 e. The van der Waals surface area contributed by atoms with Crippen molar-refractivity contribution in [1.82, 2.24) is 16.0 Å². The van der Waals surface area contributed by atoms with Gasteiger partial charge in [0.25, 0.3) is 5.91 Å². The first kappa shape index (κ1) is 26.1. The summed E-state index contributed by atoms with van der Waals surface area (Å²) in [5.74, 6) is -2.26. The quantitative estimate of drug-likeness (QED) is 0.272. The van der Waals surface area contributed by atoms with E-state index in [2.05, 4.69) is 26.3 Å². The summed E-state index contributed by atoms with van der Waals surface area (Å²) in [6.07, 6.45) is -1.02. The van der Waals surface area contributed by atoms with Gasteiger partial charge >= 0.3 is 5.97 Å². The molecular weight excluding hydrogens is 501 g/mol. The predicted octanol–water partition coefficient (Wildman–Crippen LogP) is 1.49. The summed E-state index contributed by atoms with van der Waals surface area (Å²) in [5, 5.41) is 40.0. The van der Waals surface area contributed by atoms with E-state index >= 15 is 0 Å². The van der Waals surface area contributed by atoms with Crippen molar-refractivity contribution >= 4 is 52.6 Å². The molecule has 1 aliphatic heterocycles. The zero-order valence-corrected chi connectivity index (χ0v) is 19.7. The van der Waals surface area contributed by atoms with E-state index in [4.69, 9.17) is 23.2 Å². The van der Waals surface area contributed by atoms with Crippen molar-refractivity contribution in [3.63, 3.8) is 0 Å². The second kappa shape index (κ2) is 11.7. The van der Waals surface area contributed by atoms with Crippen LogP contribution in [0.5, 0.6) is 5.75 Å². The first-order chi connectivity index (χ1) is 16.6. The summed E-state index contributed by atoms with van der Waals surface area (Å²) in [7, 11) is 0. The van der Waals surface area contributed by atoms with Crippen molar-refractivity contribution in [1.29, 1.82) is 0 Å². The number of hydrogen-bond donors (Lipinski definition) is 7. The lowest BCUT2D eigenvalue weighted by Gasteiger charge is -2.20. The summed E-state index contributed by atoms with van der Waals surface area (Å²) in [6.45, 7) is 0.0616. The Kier molecular flexibility index (Phi) is 8.74. The Balaban J connectivity index is 1.63. The van der Waals surface area contributed by atoms with Crippen LogP contribution in [0.4, 0.5) is 5.69 Å². The molecule has 0 aromatic heterocycles. The lowest BCUT2D eigenvalue weighted by Crippen LogP contribution is -2.42. The third-order valence-corrected chi connectivity index (χ3v) is 5.26. The summed E-state index contributed by atoms with van der Waals surface area (Å²) in [4.78, 5) is 40.4. The number of carboxylic acids is 1. The van der Waals surface area contributed by atoms with Gasteiger partial charge in [0, 0.05) is 33.9 Å². The number of aliphatic hydroxyl groups is 1. The summed E-state index contributed by atoms with van der Waals surface area (Å²) < 4.78 is 0. The molecule has 13 heteroatoms. The Bertz CT molecular complexity index is 1140. The highest BCUT2D eigenvalue weighted by atomic mass is 35.5. The Morgan fingerprint density at radius 1 is 1.11 bits per heavy atom. The molecule has 0 radical (unpaired) electrons.